The number of carbonyl (C=O) groups excluding carboxylic acids is 2. The highest BCUT2D eigenvalue weighted by molar-refractivity contribution is 6.01. The largest absolute Gasteiger partial charge is 0.465 e. The van der Waals surface area contributed by atoms with Crippen molar-refractivity contribution in [1.29, 1.82) is 0 Å². The maximum Gasteiger partial charge on any atom is 0.339 e. The van der Waals surface area contributed by atoms with Crippen molar-refractivity contribution in [2.24, 2.45) is 0 Å². The number of amides is 1. The summed E-state index contributed by atoms with van der Waals surface area (Å²) in [6, 6.07) is 14.4. The number of methoxy groups -OCH3 is 1. The molecule has 2 aromatic carbocycles. The Morgan fingerprint density at radius 2 is 1.85 bits per heavy atom. The van der Waals surface area contributed by atoms with Gasteiger partial charge in [-0.15, -0.1) is 0 Å². The van der Waals surface area contributed by atoms with Crippen molar-refractivity contribution < 1.29 is 18.8 Å². The number of benzene rings is 2. The molecule has 0 fully saturated rings. The zero-order valence-corrected chi connectivity index (χ0v) is 15.1. The van der Waals surface area contributed by atoms with E-state index in [0.29, 0.717) is 29.4 Å². The molecular weight excluding hydrogens is 346 g/mol. The van der Waals surface area contributed by atoms with Crippen LogP contribution in [0.1, 0.15) is 28.2 Å². The molecule has 1 amide bonds. The first-order chi connectivity index (χ1) is 13.1. The van der Waals surface area contributed by atoms with Crippen LogP contribution in [0.25, 0.3) is 11.4 Å². The lowest BCUT2D eigenvalue weighted by molar-refractivity contribution is -0.116. The van der Waals surface area contributed by atoms with Crippen LogP contribution in [0.4, 0.5) is 5.69 Å². The van der Waals surface area contributed by atoms with E-state index in [2.05, 4.69) is 15.5 Å². The zero-order valence-electron chi connectivity index (χ0n) is 15.1. The topological polar surface area (TPSA) is 94.3 Å². The molecule has 138 valence electrons. The van der Waals surface area contributed by atoms with Gasteiger partial charge < -0.3 is 14.6 Å². The van der Waals surface area contributed by atoms with Crippen LogP contribution in [-0.4, -0.2) is 29.1 Å². The molecule has 1 N–H and O–H groups in total. The Balaban J connectivity index is 1.62. The smallest absolute Gasteiger partial charge is 0.339 e. The van der Waals surface area contributed by atoms with E-state index in [0.717, 1.165) is 11.1 Å². The molecule has 0 saturated heterocycles. The summed E-state index contributed by atoms with van der Waals surface area (Å²) < 4.78 is 9.96. The van der Waals surface area contributed by atoms with Crippen molar-refractivity contribution in [3.05, 3.63) is 65.5 Å². The molecule has 3 rings (SSSR count). The van der Waals surface area contributed by atoms with E-state index in [1.165, 1.54) is 7.11 Å². The van der Waals surface area contributed by atoms with Crippen LogP contribution < -0.4 is 5.32 Å². The van der Waals surface area contributed by atoms with E-state index in [4.69, 9.17) is 9.26 Å². The maximum atomic E-state index is 12.2. The van der Waals surface area contributed by atoms with Crippen molar-refractivity contribution in [2.45, 2.75) is 19.8 Å². The highest BCUT2D eigenvalue weighted by Gasteiger charge is 2.15. The number of ether oxygens (including phenoxy) is 1. The lowest BCUT2D eigenvalue weighted by Gasteiger charge is -2.08. The van der Waals surface area contributed by atoms with E-state index in [9.17, 15) is 9.59 Å². The quantitative estimate of drug-likeness (QED) is 0.673. The second kappa shape index (κ2) is 8.27. The molecule has 3 aromatic rings. The Bertz CT molecular complexity index is 965. The molecule has 0 unspecified atom stereocenters. The second-order valence-corrected chi connectivity index (χ2v) is 5.91. The molecule has 1 heterocycles. The van der Waals surface area contributed by atoms with Gasteiger partial charge in [-0.2, -0.15) is 4.98 Å². The molecule has 0 bridgehead atoms. The van der Waals surface area contributed by atoms with Gasteiger partial charge in [0.15, 0.2) is 0 Å². The molecule has 0 aliphatic carbocycles. The summed E-state index contributed by atoms with van der Waals surface area (Å²) in [6.07, 6.45) is 0.440. The third kappa shape index (κ3) is 4.38. The summed E-state index contributed by atoms with van der Waals surface area (Å²) in [5.74, 6) is 0.108. The molecule has 27 heavy (non-hydrogen) atoms. The number of rotatable bonds is 6. The first kappa shape index (κ1) is 18.3. The number of aryl methyl sites for hydroxylation is 2. The number of hydrogen-bond donors (Lipinski definition) is 1. The summed E-state index contributed by atoms with van der Waals surface area (Å²) in [6.45, 7) is 1.97. The Labute approximate surface area is 156 Å². The van der Waals surface area contributed by atoms with Crippen LogP contribution >= 0.6 is 0 Å². The lowest BCUT2D eigenvalue weighted by Crippen LogP contribution is -2.15. The first-order valence-electron chi connectivity index (χ1n) is 8.44. The number of carbonyl (C=O) groups is 2. The Hall–Kier alpha value is -3.48. The van der Waals surface area contributed by atoms with Gasteiger partial charge >= 0.3 is 5.97 Å². The van der Waals surface area contributed by atoms with Gasteiger partial charge in [-0.25, -0.2) is 4.79 Å². The number of para-hydroxylation sites is 1. The molecule has 7 heteroatoms. The summed E-state index contributed by atoms with van der Waals surface area (Å²) in [5.41, 5.74) is 2.64. The van der Waals surface area contributed by atoms with Crippen molar-refractivity contribution in [2.75, 3.05) is 12.4 Å². The van der Waals surface area contributed by atoms with Crippen molar-refractivity contribution in [3.8, 4) is 11.4 Å². The van der Waals surface area contributed by atoms with Gasteiger partial charge in [0.1, 0.15) is 0 Å². The molecule has 1 aromatic heterocycles. The first-order valence-corrected chi connectivity index (χ1v) is 8.44. The summed E-state index contributed by atoms with van der Waals surface area (Å²) in [7, 11) is 1.29. The van der Waals surface area contributed by atoms with E-state index in [1.807, 2.05) is 31.2 Å². The molecule has 0 radical (unpaired) electrons. The fraction of sp³-hybridized carbons (Fsp3) is 0.200. The van der Waals surface area contributed by atoms with Gasteiger partial charge in [-0.3, -0.25) is 4.79 Å². The molecule has 0 aliphatic rings. The molecule has 0 saturated carbocycles. The number of esters is 1. The summed E-state index contributed by atoms with van der Waals surface area (Å²) in [5, 5.41) is 6.69. The summed E-state index contributed by atoms with van der Waals surface area (Å²) in [4.78, 5) is 28.3. The number of hydrogen-bond acceptors (Lipinski definition) is 6. The van der Waals surface area contributed by atoms with Crippen LogP contribution in [0.3, 0.4) is 0 Å². The standard InChI is InChI=1S/C20H19N3O4/c1-13-7-3-4-8-14(13)19-22-18(27-23-19)12-11-17(24)21-16-10-6-5-9-15(16)20(25)26-2/h3-10H,11-12H2,1-2H3,(H,21,24). The van der Waals surface area contributed by atoms with E-state index in [-0.39, 0.29) is 12.3 Å². The maximum absolute atomic E-state index is 12.2. The third-order valence-electron chi connectivity index (χ3n) is 4.03. The number of nitrogens with one attached hydrogen (secondary N) is 1. The van der Waals surface area contributed by atoms with Gasteiger partial charge in [0.2, 0.25) is 17.6 Å². The molecular formula is C20H19N3O4. The van der Waals surface area contributed by atoms with Gasteiger partial charge in [-0.1, -0.05) is 41.6 Å². The predicted molar refractivity (Wildman–Crippen MR) is 99.2 cm³/mol. The highest BCUT2D eigenvalue weighted by Crippen LogP contribution is 2.20. The summed E-state index contributed by atoms with van der Waals surface area (Å²) >= 11 is 0. The van der Waals surface area contributed by atoms with Gasteiger partial charge in [-0.05, 0) is 24.6 Å². The minimum Gasteiger partial charge on any atom is -0.465 e. The van der Waals surface area contributed by atoms with Gasteiger partial charge in [0, 0.05) is 18.4 Å². The second-order valence-electron chi connectivity index (χ2n) is 5.91. The minimum absolute atomic E-state index is 0.144. The zero-order chi connectivity index (χ0) is 19.2. The Kier molecular flexibility index (Phi) is 5.61. The number of aromatic nitrogens is 2. The Morgan fingerprint density at radius 1 is 1.11 bits per heavy atom. The molecule has 7 nitrogen and oxygen atoms in total. The van der Waals surface area contributed by atoms with Crippen LogP contribution in [0.5, 0.6) is 0 Å². The third-order valence-corrected chi connectivity index (χ3v) is 4.03. The lowest BCUT2D eigenvalue weighted by atomic mass is 10.1. The van der Waals surface area contributed by atoms with Crippen LogP contribution in [0, 0.1) is 6.92 Å². The van der Waals surface area contributed by atoms with Gasteiger partial charge in [0.25, 0.3) is 0 Å². The van der Waals surface area contributed by atoms with Crippen LogP contribution in [0.2, 0.25) is 0 Å². The monoisotopic (exact) mass is 365 g/mol. The average Bonchev–Trinajstić information content (AvgIpc) is 3.15. The fourth-order valence-electron chi connectivity index (χ4n) is 2.60. The Morgan fingerprint density at radius 3 is 2.63 bits per heavy atom. The van der Waals surface area contributed by atoms with Crippen molar-refractivity contribution in [3.63, 3.8) is 0 Å². The number of nitrogens with zero attached hydrogens (tertiary/aromatic N) is 2. The van der Waals surface area contributed by atoms with Crippen molar-refractivity contribution >= 4 is 17.6 Å². The van der Waals surface area contributed by atoms with E-state index in [1.54, 1.807) is 24.3 Å². The number of anilines is 1. The van der Waals surface area contributed by atoms with Crippen molar-refractivity contribution in [1.82, 2.24) is 10.1 Å². The minimum atomic E-state index is -0.509. The predicted octanol–water partition coefficient (Wildman–Crippen LogP) is 3.40. The SMILES string of the molecule is COC(=O)c1ccccc1NC(=O)CCc1nc(-c2ccccc2C)no1. The molecule has 0 spiro atoms. The average molecular weight is 365 g/mol. The highest BCUT2D eigenvalue weighted by atomic mass is 16.5. The van der Waals surface area contributed by atoms with Crippen LogP contribution in [-0.2, 0) is 16.0 Å². The molecule has 0 atom stereocenters. The van der Waals surface area contributed by atoms with Crippen LogP contribution in [0.15, 0.2) is 53.1 Å². The fourth-order valence-corrected chi connectivity index (χ4v) is 2.60. The van der Waals surface area contributed by atoms with E-state index < -0.39 is 5.97 Å². The normalized spacial score (nSPS) is 10.4. The van der Waals surface area contributed by atoms with E-state index >= 15 is 0 Å². The van der Waals surface area contributed by atoms with Gasteiger partial charge in [0.05, 0.1) is 18.4 Å². The molecule has 0 aliphatic heterocycles.